The second-order valence-corrected chi connectivity index (χ2v) is 6.66. The van der Waals surface area contributed by atoms with Crippen molar-refractivity contribution in [3.63, 3.8) is 0 Å². The summed E-state index contributed by atoms with van der Waals surface area (Å²) in [4.78, 5) is 22.7. The predicted molar refractivity (Wildman–Crippen MR) is 105 cm³/mol. The average Bonchev–Trinajstić information content (AvgIpc) is 2.62. The molecule has 2 aromatic carbocycles. The van der Waals surface area contributed by atoms with Crippen molar-refractivity contribution in [1.82, 2.24) is 5.32 Å². The van der Waals surface area contributed by atoms with Gasteiger partial charge in [0, 0.05) is 12.2 Å². The van der Waals surface area contributed by atoms with Gasteiger partial charge in [0.25, 0.3) is 5.91 Å². The maximum atomic E-state index is 12.1. The molecule has 0 radical (unpaired) electrons. The third-order valence-electron chi connectivity index (χ3n) is 3.58. The number of carbonyl (C=O) groups is 2. The van der Waals surface area contributed by atoms with Crippen molar-refractivity contribution in [3.8, 4) is 11.5 Å². The predicted octanol–water partition coefficient (Wildman–Crippen LogP) is 2.96. The Labute approximate surface area is 165 Å². The van der Waals surface area contributed by atoms with Crippen LogP contribution in [0.2, 0.25) is 0 Å². The van der Waals surface area contributed by atoms with Crippen molar-refractivity contribution in [3.05, 3.63) is 52.0 Å². The van der Waals surface area contributed by atoms with Crippen LogP contribution in [0.1, 0.15) is 11.1 Å². The van der Waals surface area contributed by atoms with Crippen LogP contribution in [0.4, 0.5) is 5.69 Å². The van der Waals surface area contributed by atoms with Crippen molar-refractivity contribution < 1.29 is 24.2 Å². The smallest absolute Gasteiger partial charge is 0.317 e. The summed E-state index contributed by atoms with van der Waals surface area (Å²) in [5.74, 6) is -0.376. The Bertz CT molecular complexity index is 808. The summed E-state index contributed by atoms with van der Waals surface area (Å²) in [6.45, 7) is 2.01. The molecule has 0 fully saturated rings. The highest BCUT2D eigenvalue weighted by Crippen LogP contribution is 2.36. The second kappa shape index (κ2) is 9.94. The maximum absolute atomic E-state index is 12.1. The second-order valence-electron chi connectivity index (χ2n) is 5.81. The summed E-state index contributed by atoms with van der Waals surface area (Å²) >= 11 is 3.40. The number of carboxylic acids is 1. The van der Waals surface area contributed by atoms with Crippen LogP contribution in [0.3, 0.4) is 0 Å². The molecule has 144 valence electrons. The van der Waals surface area contributed by atoms with Gasteiger partial charge < -0.3 is 25.2 Å². The van der Waals surface area contributed by atoms with Crippen LogP contribution in [-0.4, -0.2) is 37.2 Å². The Kier molecular flexibility index (Phi) is 7.63. The molecule has 2 rings (SSSR count). The molecule has 7 nitrogen and oxygen atoms in total. The standard InChI is InChI=1S/C19H21BrN2O5/c1-12-3-5-14(6-4-12)22-17(23)11-27-19-15(20)7-13(8-16(19)26-2)9-21-10-18(24)25/h3-8,21H,9-11H2,1-2H3,(H,22,23)(H,24,25). The Balaban J connectivity index is 1.99. The summed E-state index contributed by atoms with van der Waals surface area (Å²) in [5.41, 5.74) is 2.62. The Morgan fingerprint density at radius 2 is 1.89 bits per heavy atom. The molecule has 3 N–H and O–H groups in total. The highest BCUT2D eigenvalue weighted by atomic mass is 79.9. The fourth-order valence-corrected chi connectivity index (χ4v) is 2.90. The van der Waals surface area contributed by atoms with Crippen molar-refractivity contribution in [2.24, 2.45) is 0 Å². The first-order chi connectivity index (χ1) is 12.9. The van der Waals surface area contributed by atoms with Crippen LogP contribution >= 0.6 is 15.9 Å². The first kappa shape index (κ1) is 20.7. The number of benzene rings is 2. The first-order valence-electron chi connectivity index (χ1n) is 8.17. The van der Waals surface area contributed by atoms with E-state index in [4.69, 9.17) is 14.6 Å². The number of carbonyl (C=O) groups excluding carboxylic acids is 1. The van der Waals surface area contributed by atoms with E-state index in [1.54, 1.807) is 12.1 Å². The van der Waals surface area contributed by atoms with E-state index >= 15 is 0 Å². The molecule has 27 heavy (non-hydrogen) atoms. The first-order valence-corrected chi connectivity index (χ1v) is 8.96. The number of aryl methyl sites for hydroxylation is 1. The molecule has 0 spiro atoms. The molecular formula is C19H21BrN2O5. The number of carboxylic acid groups (broad SMARTS) is 1. The summed E-state index contributed by atoms with van der Waals surface area (Å²) in [6.07, 6.45) is 0. The number of amides is 1. The monoisotopic (exact) mass is 436 g/mol. The number of halogens is 1. The van der Waals surface area contributed by atoms with Gasteiger partial charge in [-0.15, -0.1) is 0 Å². The van der Waals surface area contributed by atoms with Gasteiger partial charge in [0.1, 0.15) is 0 Å². The molecule has 0 aliphatic heterocycles. The van der Waals surface area contributed by atoms with Gasteiger partial charge in [0.2, 0.25) is 0 Å². The van der Waals surface area contributed by atoms with E-state index in [-0.39, 0.29) is 19.1 Å². The molecule has 0 aliphatic carbocycles. The van der Waals surface area contributed by atoms with Gasteiger partial charge in [-0.05, 0) is 52.7 Å². The zero-order valence-corrected chi connectivity index (χ0v) is 16.6. The summed E-state index contributed by atoms with van der Waals surface area (Å²) < 4.78 is 11.6. The molecule has 8 heteroatoms. The lowest BCUT2D eigenvalue weighted by molar-refractivity contribution is -0.136. The molecule has 0 saturated heterocycles. The van der Waals surface area contributed by atoms with E-state index in [2.05, 4.69) is 26.6 Å². The van der Waals surface area contributed by atoms with Crippen LogP contribution in [0, 0.1) is 6.92 Å². The van der Waals surface area contributed by atoms with E-state index in [9.17, 15) is 9.59 Å². The minimum absolute atomic E-state index is 0.142. The molecule has 2 aromatic rings. The van der Waals surface area contributed by atoms with E-state index < -0.39 is 5.97 Å². The van der Waals surface area contributed by atoms with Crippen molar-refractivity contribution in [2.75, 3.05) is 25.6 Å². The summed E-state index contributed by atoms with van der Waals surface area (Å²) in [7, 11) is 1.50. The SMILES string of the molecule is COc1cc(CNCC(=O)O)cc(Br)c1OCC(=O)Nc1ccc(C)cc1. The molecule has 0 aromatic heterocycles. The highest BCUT2D eigenvalue weighted by molar-refractivity contribution is 9.10. The van der Waals surface area contributed by atoms with Gasteiger partial charge >= 0.3 is 5.97 Å². The van der Waals surface area contributed by atoms with E-state index in [0.29, 0.717) is 28.2 Å². The number of aliphatic carboxylic acids is 1. The zero-order chi connectivity index (χ0) is 19.8. The third-order valence-corrected chi connectivity index (χ3v) is 4.17. The number of methoxy groups -OCH3 is 1. The number of anilines is 1. The molecule has 0 aliphatic rings. The lowest BCUT2D eigenvalue weighted by Crippen LogP contribution is -2.22. The molecule has 0 heterocycles. The van der Waals surface area contributed by atoms with E-state index in [0.717, 1.165) is 11.1 Å². The number of hydrogen-bond acceptors (Lipinski definition) is 5. The normalized spacial score (nSPS) is 10.3. The molecule has 1 amide bonds. The Hall–Kier alpha value is -2.58. The molecule has 0 bridgehead atoms. The van der Waals surface area contributed by atoms with Gasteiger partial charge in [-0.2, -0.15) is 0 Å². The third kappa shape index (κ3) is 6.58. The zero-order valence-electron chi connectivity index (χ0n) is 15.0. The minimum atomic E-state index is -0.930. The molecule has 0 saturated carbocycles. The topological polar surface area (TPSA) is 96.9 Å². The van der Waals surface area contributed by atoms with Gasteiger partial charge in [0.05, 0.1) is 18.1 Å². The number of ether oxygens (including phenoxy) is 2. The van der Waals surface area contributed by atoms with Crippen LogP contribution in [0.5, 0.6) is 11.5 Å². The Morgan fingerprint density at radius 3 is 2.52 bits per heavy atom. The fourth-order valence-electron chi connectivity index (χ4n) is 2.30. The van der Waals surface area contributed by atoms with Crippen molar-refractivity contribution >= 4 is 33.5 Å². The van der Waals surface area contributed by atoms with Crippen molar-refractivity contribution in [1.29, 1.82) is 0 Å². The quantitative estimate of drug-likeness (QED) is 0.558. The largest absolute Gasteiger partial charge is 0.493 e. The van der Waals surface area contributed by atoms with Crippen LogP contribution in [0.25, 0.3) is 0 Å². The summed E-state index contributed by atoms with van der Waals surface area (Å²) in [6, 6.07) is 11.0. The summed E-state index contributed by atoms with van der Waals surface area (Å²) in [5, 5.41) is 14.2. The number of nitrogens with one attached hydrogen (secondary N) is 2. The number of rotatable bonds is 9. The lowest BCUT2D eigenvalue weighted by Gasteiger charge is -2.14. The van der Waals surface area contributed by atoms with Crippen LogP contribution < -0.4 is 20.1 Å². The van der Waals surface area contributed by atoms with Crippen LogP contribution in [0.15, 0.2) is 40.9 Å². The maximum Gasteiger partial charge on any atom is 0.317 e. The Morgan fingerprint density at radius 1 is 1.19 bits per heavy atom. The highest BCUT2D eigenvalue weighted by Gasteiger charge is 2.14. The van der Waals surface area contributed by atoms with Gasteiger partial charge in [-0.1, -0.05) is 17.7 Å². The molecule has 0 unspecified atom stereocenters. The van der Waals surface area contributed by atoms with E-state index in [1.807, 2.05) is 31.2 Å². The van der Waals surface area contributed by atoms with Gasteiger partial charge in [-0.3, -0.25) is 9.59 Å². The molecule has 0 atom stereocenters. The number of hydrogen-bond donors (Lipinski definition) is 3. The van der Waals surface area contributed by atoms with Crippen molar-refractivity contribution in [2.45, 2.75) is 13.5 Å². The van der Waals surface area contributed by atoms with E-state index in [1.165, 1.54) is 7.11 Å². The lowest BCUT2D eigenvalue weighted by atomic mass is 10.2. The van der Waals surface area contributed by atoms with Crippen LogP contribution in [-0.2, 0) is 16.1 Å². The minimum Gasteiger partial charge on any atom is -0.493 e. The average molecular weight is 437 g/mol. The molecular weight excluding hydrogens is 416 g/mol. The van der Waals surface area contributed by atoms with Gasteiger partial charge in [-0.25, -0.2) is 0 Å². The fraction of sp³-hybridized carbons (Fsp3) is 0.263. The van der Waals surface area contributed by atoms with Gasteiger partial charge in [0.15, 0.2) is 18.1 Å².